The van der Waals surface area contributed by atoms with Crippen molar-refractivity contribution in [1.29, 1.82) is 0 Å². The third-order valence-corrected chi connectivity index (χ3v) is 3.28. The lowest BCUT2D eigenvalue weighted by atomic mass is 10.0. The lowest BCUT2D eigenvalue weighted by Gasteiger charge is -2.44. The first kappa shape index (κ1) is 20.8. The summed E-state index contributed by atoms with van der Waals surface area (Å²) < 4.78 is 22.6. The van der Waals surface area contributed by atoms with Crippen molar-refractivity contribution in [2.45, 2.75) is 78.5 Å². The molecule has 0 saturated carbocycles. The fraction of sp³-hybridized carbons (Fsp3) is 1.00. The Morgan fingerprint density at radius 3 is 1.52 bits per heavy atom. The molecule has 0 radical (unpaired) electrons. The Bertz CT molecular complexity index is 233. The van der Waals surface area contributed by atoms with Crippen LogP contribution in [0.2, 0.25) is 0 Å². The lowest BCUT2D eigenvalue weighted by Crippen LogP contribution is -2.61. The van der Waals surface area contributed by atoms with E-state index in [-0.39, 0.29) is 0 Å². The predicted octanol–water partition coefficient (Wildman–Crippen LogP) is 3.45. The molecule has 1 N–H and O–H groups in total. The molecule has 0 bridgehead atoms. The SMILES string of the molecule is CCCCCCC(OCC)(OCC)C(O)(OCC)OCC. The van der Waals surface area contributed by atoms with E-state index in [9.17, 15) is 5.11 Å². The fourth-order valence-corrected chi connectivity index (χ4v) is 2.43. The Morgan fingerprint density at radius 2 is 1.14 bits per heavy atom. The zero-order valence-electron chi connectivity index (χ0n) is 14.4. The Labute approximate surface area is 129 Å². The van der Waals surface area contributed by atoms with E-state index in [1.165, 1.54) is 0 Å². The maximum atomic E-state index is 10.8. The van der Waals surface area contributed by atoms with Crippen molar-refractivity contribution in [2.24, 2.45) is 0 Å². The first-order valence-electron chi connectivity index (χ1n) is 8.33. The van der Waals surface area contributed by atoms with Gasteiger partial charge in [-0.15, -0.1) is 0 Å². The van der Waals surface area contributed by atoms with E-state index in [0.717, 1.165) is 25.7 Å². The molecule has 128 valence electrons. The number of ether oxygens (including phenoxy) is 4. The molecule has 0 fully saturated rings. The molecular weight excluding hydrogens is 272 g/mol. The van der Waals surface area contributed by atoms with Crippen LogP contribution in [0.15, 0.2) is 0 Å². The Morgan fingerprint density at radius 1 is 0.667 bits per heavy atom. The summed E-state index contributed by atoms with van der Waals surface area (Å²) in [6.07, 6.45) is 4.78. The molecule has 0 aromatic carbocycles. The van der Waals surface area contributed by atoms with Crippen molar-refractivity contribution < 1.29 is 24.1 Å². The molecular formula is C16H34O5. The van der Waals surface area contributed by atoms with Crippen LogP contribution in [-0.2, 0) is 18.9 Å². The van der Waals surface area contributed by atoms with E-state index in [1.807, 2.05) is 27.7 Å². The van der Waals surface area contributed by atoms with E-state index >= 15 is 0 Å². The first-order valence-corrected chi connectivity index (χ1v) is 8.33. The van der Waals surface area contributed by atoms with Crippen LogP contribution >= 0.6 is 0 Å². The minimum Gasteiger partial charge on any atom is -0.344 e. The van der Waals surface area contributed by atoms with Crippen LogP contribution < -0.4 is 0 Å². The summed E-state index contributed by atoms with van der Waals surface area (Å²) in [5, 5.41) is 10.8. The van der Waals surface area contributed by atoms with Gasteiger partial charge in [-0.3, -0.25) is 0 Å². The van der Waals surface area contributed by atoms with E-state index in [0.29, 0.717) is 32.8 Å². The monoisotopic (exact) mass is 306 g/mol. The van der Waals surface area contributed by atoms with Crippen LogP contribution in [0.25, 0.3) is 0 Å². The lowest BCUT2D eigenvalue weighted by molar-refractivity contribution is -0.486. The van der Waals surface area contributed by atoms with Gasteiger partial charge < -0.3 is 24.1 Å². The van der Waals surface area contributed by atoms with Crippen LogP contribution in [0.1, 0.15) is 66.7 Å². The molecule has 5 heteroatoms. The molecule has 0 aromatic rings. The highest BCUT2D eigenvalue weighted by atomic mass is 16.9. The van der Waals surface area contributed by atoms with Gasteiger partial charge in [-0.05, 0) is 34.1 Å². The van der Waals surface area contributed by atoms with E-state index in [4.69, 9.17) is 18.9 Å². The number of aliphatic hydroxyl groups is 1. The molecule has 0 amide bonds. The molecule has 0 unspecified atom stereocenters. The van der Waals surface area contributed by atoms with Crippen molar-refractivity contribution in [3.05, 3.63) is 0 Å². The van der Waals surface area contributed by atoms with Gasteiger partial charge in [-0.25, -0.2) is 0 Å². The average Bonchev–Trinajstić information content (AvgIpc) is 2.44. The number of unbranched alkanes of at least 4 members (excludes halogenated alkanes) is 3. The molecule has 0 atom stereocenters. The average molecular weight is 306 g/mol. The third-order valence-electron chi connectivity index (χ3n) is 3.28. The van der Waals surface area contributed by atoms with Crippen LogP contribution in [0, 0.1) is 0 Å². The second-order valence-corrected chi connectivity index (χ2v) is 4.88. The van der Waals surface area contributed by atoms with Gasteiger partial charge in [0.15, 0.2) is 0 Å². The van der Waals surface area contributed by atoms with Gasteiger partial charge in [0.1, 0.15) is 0 Å². The largest absolute Gasteiger partial charge is 0.344 e. The fourth-order valence-electron chi connectivity index (χ4n) is 2.43. The van der Waals surface area contributed by atoms with Crippen molar-refractivity contribution in [1.82, 2.24) is 0 Å². The van der Waals surface area contributed by atoms with Gasteiger partial charge in [0.2, 0.25) is 0 Å². The van der Waals surface area contributed by atoms with Crippen molar-refractivity contribution in [3.63, 3.8) is 0 Å². The van der Waals surface area contributed by atoms with Gasteiger partial charge in [-0.1, -0.05) is 26.2 Å². The van der Waals surface area contributed by atoms with E-state index < -0.39 is 11.8 Å². The van der Waals surface area contributed by atoms with Crippen LogP contribution in [0.5, 0.6) is 0 Å². The summed E-state index contributed by atoms with van der Waals surface area (Å²) in [5.41, 5.74) is 0. The molecule has 0 aromatic heterocycles. The zero-order valence-corrected chi connectivity index (χ0v) is 14.4. The minimum absolute atomic E-state index is 0.313. The summed E-state index contributed by atoms with van der Waals surface area (Å²) in [7, 11) is 0. The van der Waals surface area contributed by atoms with Crippen LogP contribution in [0.4, 0.5) is 0 Å². The summed E-state index contributed by atoms with van der Waals surface area (Å²) in [5.74, 6) is -3.16. The Kier molecular flexibility index (Phi) is 11.3. The van der Waals surface area contributed by atoms with Gasteiger partial charge >= 0.3 is 5.97 Å². The molecule has 0 heterocycles. The summed E-state index contributed by atoms with van der Waals surface area (Å²) in [6, 6.07) is 0. The predicted molar refractivity (Wildman–Crippen MR) is 82.9 cm³/mol. The minimum atomic E-state index is -1.88. The molecule has 0 aliphatic carbocycles. The highest BCUT2D eigenvalue weighted by Crippen LogP contribution is 2.36. The summed E-state index contributed by atoms with van der Waals surface area (Å²) in [6.45, 7) is 11.0. The van der Waals surface area contributed by atoms with Gasteiger partial charge in [-0.2, -0.15) is 0 Å². The molecule has 0 saturated heterocycles. The smallest absolute Gasteiger partial charge is 0.338 e. The maximum absolute atomic E-state index is 10.8. The first-order chi connectivity index (χ1) is 10.1. The van der Waals surface area contributed by atoms with Gasteiger partial charge in [0, 0.05) is 32.8 Å². The molecule has 0 rings (SSSR count). The number of hydrogen-bond donors (Lipinski definition) is 1. The number of hydrogen-bond acceptors (Lipinski definition) is 5. The summed E-state index contributed by atoms with van der Waals surface area (Å²) in [4.78, 5) is 0. The summed E-state index contributed by atoms with van der Waals surface area (Å²) >= 11 is 0. The number of rotatable bonds is 14. The third kappa shape index (κ3) is 6.20. The Hall–Kier alpha value is -0.200. The normalized spacial score (nSPS) is 12.9. The highest BCUT2D eigenvalue weighted by molar-refractivity contribution is 4.81. The standard InChI is InChI=1S/C16H34O5/c1-6-11-12-13-14-15(18-7-2,19-8-3)16(17,20-9-4)21-10-5/h17H,6-14H2,1-5H3. The van der Waals surface area contributed by atoms with Gasteiger partial charge in [0.25, 0.3) is 5.79 Å². The molecule has 5 nitrogen and oxygen atoms in total. The molecule has 21 heavy (non-hydrogen) atoms. The quantitative estimate of drug-likeness (QED) is 0.393. The second-order valence-electron chi connectivity index (χ2n) is 4.88. The van der Waals surface area contributed by atoms with Crippen molar-refractivity contribution in [2.75, 3.05) is 26.4 Å². The van der Waals surface area contributed by atoms with Crippen LogP contribution in [-0.4, -0.2) is 43.3 Å². The molecule has 0 aliphatic rings. The highest BCUT2D eigenvalue weighted by Gasteiger charge is 2.55. The topological polar surface area (TPSA) is 57.2 Å². The van der Waals surface area contributed by atoms with Gasteiger partial charge in [0.05, 0.1) is 0 Å². The zero-order chi connectivity index (χ0) is 16.2. The van der Waals surface area contributed by atoms with Crippen LogP contribution in [0.3, 0.4) is 0 Å². The van der Waals surface area contributed by atoms with Crippen molar-refractivity contribution in [3.8, 4) is 0 Å². The van der Waals surface area contributed by atoms with Crippen molar-refractivity contribution >= 4 is 0 Å². The molecule has 0 spiro atoms. The Balaban J connectivity index is 5.17. The molecule has 0 aliphatic heterocycles. The maximum Gasteiger partial charge on any atom is 0.338 e. The van der Waals surface area contributed by atoms with E-state index in [2.05, 4.69) is 6.92 Å². The second kappa shape index (κ2) is 11.4. The van der Waals surface area contributed by atoms with E-state index in [1.54, 1.807) is 0 Å².